The van der Waals surface area contributed by atoms with Gasteiger partial charge in [0.05, 0.1) is 13.0 Å². The molecule has 0 aromatic heterocycles. The van der Waals surface area contributed by atoms with Crippen LogP contribution < -0.4 is 0 Å². The number of likely N-dealkylation sites (tertiary alicyclic amines) is 1. The number of carbonyl (C=O) groups is 1. The third-order valence-corrected chi connectivity index (χ3v) is 3.43. The molecule has 0 aliphatic carbocycles. The molecular weight excluding hydrogens is 247 g/mol. The van der Waals surface area contributed by atoms with Gasteiger partial charge in [-0.2, -0.15) is 13.2 Å². The summed E-state index contributed by atoms with van der Waals surface area (Å²) in [5, 5.41) is 0. The molecular formula is C12H20F3NO2. The first kappa shape index (κ1) is 15.3. The van der Waals surface area contributed by atoms with Gasteiger partial charge < -0.3 is 4.74 Å². The first-order valence-corrected chi connectivity index (χ1v) is 6.28. The number of rotatable bonds is 5. The van der Waals surface area contributed by atoms with E-state index in [1.54, 1.807) is 4.90 Å². The van der Waals surface area contributed by atoms with Crippen LogP contribution in [-0.4, -0.2) is 43.3 Å². The Morgan fingerprint density at radius 2 is 2.17 bits per heavy atom. The molecule has 1 saturated heterocycles. The molecule has 0 spiro atoms. The molecule has 1 rings (SSSR count). The molecule has 0 aromatic rings. The van der Waals surface area contributed by atoms with Crippen LogP contribution in [0.4, 0.5) is 13.2 Å². The number of hydrogen-bond acceptors (Lipinski definition) is 3. The van der Waals surface area contributed by atoms with E-state index in [0.717, 1.165) is 12.8 Å². The van der Waals surface area contributed by atoms with Crippen LogP contribution in [0.25, 0.3) is 0 Å². The van der Waals surface area contributed by atoms with Crippen LogP contribution in [-0.2, 0) is 9.53 Å². The Hall–Kier alpha value is -0.780. The Bertz CT molecular complexity index is 281. The van der Waals surface area contributed by atoms with Gasteiger partial charge in [0, 0.05) is 6.54 Å². The van der Waals surface area contributed by atoms with E-state index in [9.17, 15) is 18.0 Å². The molecule has 0 N–H and O–H groups in total. The third-order valence-electron chi connectivity index (χ3n) is 3.43. The predicted octanol–water partition coefficient (Wildman–Crippen LogP) is 2.60. The number of hydrogen-bond donors (Lipinski definition) is 0. The topological polar surface area (TPSA) is 29.5 Å². The number of unbranched alkanes of at least 4 members (excludes halogenated alkanes) is 1. The standard InChI is InChI=1S/C12H20F3NO2/c1-3-4-5-10(11(17)18-2)16-7-6-9(8-16)12(13,14)15/h9-10H,3-8H2,1-2H3. The van der Waals surface area contributed by atoms with Crippen LogP contribution in [0.3, 0.4) is 0 Å². The van der Waals surface area contributed by atoms with Crippen molar-refractivity contribution in [3.63, 3.8) is 0 Å². The zero-order chi connectivity index (χ0) is 13.8. The first-order valence-electron chi connectivity index (χ1n) is 6.28. The minimum absolute atomic E-state index is 0.0725. The van der Waals surface area contributed by atoms with Gasteiger partial charge in [-0.05, 0) is 19.4 Å². The Morgan fingerprint density at radius 3 is 2.61 bits per heavy atom. The summed E-state index contributed by atoms with van der Waals surface area (Å²) in [5.74, 6) is -1.74. The fourth-order valence-corrected chi connectivity index (χ4v) is 2.32. The lowest BCUT2D eigenvalue weighted by molar-refractivity contribution is -0.172. The van der Waals surface area contributed by atoms with Crippen LogP contribution in [0.2, 0.25) is 0 Å². The zero-order valence-corrected chi connectivity index (χ0v) is 10.8. The molecule has 1 aliphatic heterocycles. The van der Waals surface area contributed by atoms with Crippen molar-refractivity contribution in [1.82, 2.24) is 4.90 Å². The maximum Gasteiger partial charge on any atom is 0.393 e. The molecule has 0 radical (unpaired) electrons. The number of nitrogens with zero attached hydrogens (tertiary/aromatic N) is 1. The van der Waals surface area contributed by atoms with Gasteiger partial charge in [0.1, 0.15) is 6.04 Å². The highest BCUT2D eigenvalue weighted by atomic mass is 19.4. The number of ether oxygens (including phenoxy) is 1. The zero-order valence-electron chi connectivity index (χ0n) is 10.8. The van der Waals surface area contributed by atoms with Gasteiger partial charge in [-0.15, -0.1) is 0 Å². The largest absolute Gasteiger partial charge is 0.468 e. The number of alkyl halides is 3. The van der Waals surface area contributed by atoms with Crippen molar-refractivity contribution in [3.8, 4) is 0 Å². The van der Waals surface area contributed by atoms with Gasteiger partial charge in [0.15, 0.2) is 0 Å². The van der Waals surface area contributed by atoms with E-state index in [2.05, 4.69) is 4.74 Å². The fourth-order valence-electron chi connectivity index (χ4n) is 2.32. The second kappa shape index (κ2) is 6.41. The van der Waals surface area contributed by atoms with Crippen molar-refractivity contribution in [2.24, 2.45) is 5.92 Å². The van der Waals surface area contributed by atoms with Gasteiger partial charge in [0.25, 0.3) is 0 Å². The SMILES string of the molecule is CCCCC(C(=O)OC)N1CCC(C(F)(F)F)C1. The Kier molecular flexibility index (Phi) is 5.44. The van der Waals surface area contributed by atoms with Gasteiger partial charge in [-0.3, -0.25) is 9.69 Å². The summed E-state index contributed by atoms with van der Waals surface area (Å²) >= 11 is 0. The lowest BCUT2D eigenvalue weighted by Crippen LogP contribution is -2.41. The molecule has 1 heterocycles. The summed E-state index contributed by atoms with van der Waals surface area (Å²) in [6.45, 7) is 2.21. The second-order valence-electron chi connectivity index (χ2n) is 4.70. The molecule has 106 valence electrons. The normalized spacial score (nSPS) is 23.1. The van der Waals surface area contributed by atoms with Gasteiger partial charge in [0.2, 0.25) is 0 Å². The summed E-state index contributed by atoms with van der Waals surface area (Å²) in [5.41, 5.74) is 0. The number of carbonyl (C=O) groups excluding carboxylic acids is 1. The van der Waals surface area contributed by atoms with E-state index >= 15 is 0 Å². The van der Waals surface area contributed by atoms with E-state index in [4.69, 9.17) is 0 Å². The molecule has 1 aliphatic rings. The van der Waals surface area contributed by atoms with Crippen molar-refractivity contribution in [3.05, 3.63) is 0 Å². The minimum Gasteiger partial charge on any atom is -0.468 e. The monoisotopic (exact) mass is 267 g/mol. The van der Waals surface area contributed by atoms with Crippen LogP contribution >= 0.6 is 0 Å². The molecule has 18 heavy (non-hydrogen) atoms. The maximum atomic E-state index is 12.6. The molecule has 0 amide bonds. The van der Waals surface area contributed by atoms with E-state index in [1.807, 2.05) is 6.92 Å². The Morgan fingerprint density at radius 1 is 1.50 bits per heavy atom. The number of halogens is 3. The van der Waals surface area contributed by atoms with E-state index < -0.39 is 24.1 Å². The molecule has 1 fully saturated rings. The molecule has 6 heteroatoms. The third kappa shape index (κ3) is 3.86. The van der Waals surface area contributed by atoms with Crippen molar-refractivity contribution in [2.45, 2.75) is 44.8 Å². The van der Waals surface area contributed by atoms with E-state index in [-0.39, 0.29) is 13.0 Å². The van der Waals surface area contributed by atoms with Gasteiger partial charge >= 0.3 is 12.1 Å². The maximum absolute atomic E-state index is 12.6. The fraction of sp³-hybridized carbons (Fsp3) is 0.917. The van der Waals surface area contributed by atoms with Crippen molar-refractivity contribution in [1.29, 1.82) is 0 Å². The molecule has 0 bridgehead atoms. The first-order chi connectivity index (χ1) is 8.40. The Balaban J connectivity index is 2.62. The average Bonchev–Trinajstić information content (AvgIpc) is 2.78. The van der Waals surface area contributed by atoms with Gasteiger partial charge in [-0.1, -0.05) is 19.8 Å². The lowest BCUT2D eigenvalue weighted by atomic mass is 10.1. The van der Waals surface area contributed by atoms with E-state index in [1.165, 1.54) is 7.11 Å². The van der Waals surface area contributed by atoms with Crippen LogP contribution in [0.5, 0.6) is 0 Å². The quantitative estimate of drug-likeness (QED) is 0.717. The summed E-state index contributed by atoms with van der Waals surface area (Å²) in [7, 11) is 1.28. The summed E-state index contributed by atoms with van der Waals surface area (Å²) < 4.78 is 42.4. The molecule has 2 atom stereocenters. The lowest BCUT2D eigenvalue weighted by Gasteiger charge is -2.25. The molecule has 0 aromatic carbocycles. The second-order valence-corrected chi connectivity index (χ2v) is 4.70. The number of esters is 1. The summed E-state index contributed by atoms with van der Waals surface area (Å²) in [4.78, 5) is 13.2. The minimum atomic E-state index is -4.17. The number of methoxy groups -OCH3 is 1. The molecule has 2 unspecified atom stereocenters. The van der Waals surface area contributed by atoms with Crippen LogP contribution in [0.1, 0.15) is 32.6 Å². The predicted molar refractivity (Wildman–Crippen MR) is 61.1 cm³/mol. The highest BCUT2D eigenvalue weighted by molar-refractivity contribution is 5.75. The van der Waals surface area contributed by atoms with Gasteiger partial charge in [-0.25, -0.2) is 0 Å². The summed E-state index contributed by atoms with van der Waals surface area (Å²) in [6.07, 6.45) is -1.81. The molecule has 3 nitrogen and oxygen atoms in total. The van der Waals surface area contributed by atoms with Crippen LogP contribution in [0, 0.1) is 5.92 Å². The summed E-state index contributed by atoms with van der Waals surface area (Å²) in [6, 6.07) is -0.526. The highest BCUT2D eigenvalue weighted by Crippen LogP contribution is 2.34. The smallest absolute Gasteiger partial charge is 0.393 e. The van der Waals surface area contributed by atoms with Crippen molar-refractivity contribution in [2.75, 3.05) is 20.2 Å². The van der Waals surface area contributed by atoms with E-state index in [0.29, 0.717) is 13.0 Å². The average molecular weight is 267 g/mol. The van der Waals surface area contributed by atoms with Crippen molar-refractivity contribution < 1.29 is 22.7 Å². The van der Waals surface area contributed by atoms with Crippen LogP contribution in [0.15, 0.2) is 0 Å². The van der Waals surface area contributed by atoms with Crippen molar-refractivity contribution >= 4 is 5.97 Å². The Labute approximate surface area is 105 Å². The highest BCUT2D eigenvalue weighted by Gasteiger charge is 2.45. The molecule has 0 saturated carbocycles.